The van der Waals surface area contributed by atoms with Gasteiger partial charge in [-0.15, -0.1) is 0 Å². The minimum atomic E-state index is -3.88. The van der Waals surface area contributed by atoms with Crippen molar-refractivity contribution in [1.82, 2.24) is 0 Å². The fraction of sp³-hybridized carbons (Fsp3) is 0.455. The number of sulfone groups is 1. The molecule has 5 nitrogen and oxygen atoms in total. The van der Waals surface area contributed by atoms with Crippen molar-refractivity contribution in [3.63, 3.8) is 0 Å². The molecule has 18 heavy (non-hydrogen) atoms. The predicted molar refractivity (Wildman–Crippen MR) is 66.5 cm³/mol. The van der Waals surface area contributed by atoms with E-state index in [9.17, 15) is 16.8 Å². The molecule has 2 rings (SSSR count). The van der Waals surface area contributed by atoms with Gasteiger partial charge in [-0.25, -0.2) is 8.42 Å². The van der Waals surface area contributed by atoms with Gasteiger partial charge in [0, 0.05) is 0 Å². The van der Waals surface area contributed by atoms with Gasteiger partial charge in [-0.05, 0) is 25.5 Å². The SMILES string of the molecule is Cc1ccc(S(=O)(=O)OC2CCS(=O)(=O)C2)cc1. The Bertz CT molecular complexity index is 629. The molecule has 0 saturated carbocycles. The number of hydrogen-bond donors (Lipinski definition) is 0. The lowest BCUT2D eigenvalue weighted by Gasteiger charge is -2.10. The standard InChI is InChI=1S/C11H14O5S2/c1-9-2-4-11(5-3-9)18(14,15)16-10-6-7-17(12,13)8-10/h2-5,10H,6-8H2,1H3. The van der Waals surface area contributed by atoms with Gasteiger partial charge >= 0.3 is 0 Å². The van der Waals surface area contributed by atoms with Crippen molar-refractivity contribution in [1.29, 1.82) is 0 Å². The van der Waals surface area contributed by atoms with Crippen molar-refractivity contribution < 1.29 is 21.0 Å². The number of rotatable bonds is 3. The summed E-state index contributed by atoms with van der Waals surface area (Å²) >= 11 is 0. The quantitative estimate of drug-likeness (QED) is 0.773. The van der Waals surface area contributed by atoms with Gasteiger partial charge in [0.25, 0.3) is 10.1 Å². The molecule has 0 aromatic heterocycles. The lowest BCUT2D eigenvalue weighted by molar-refractivity contribution is 0.236. The van der Waals surface area contributed by atoms with Gasteiger partial charge in [-0.2, -0.15) is 8.42 Å². The molecular weight excluding hydrogens is 276 g/mol. The van der Waals surface area contributed by atoms with Crippen LogP contribution in [0.1, 0.15) is 12.0 Å². The van der Waals surface area contributed by atoms with E-state index < -0.39 is 26.1 Å². The third kappa shape index (κ3) is 3.09. The summed E-state index contributed by atoms with van der Waals surface area (Å²) in [4.78, 5) is 0.0531. The van der Waals surface area contributed by atoms with Crippen molar-refractivity contribution in [2.45, 2.75) is 24.3 Å². The lowest BCUT2D eigenvalue weighted by atomic mass is 10.2. The maximum absolute atomic E-state index is 11.9. The molecule has 1 unspecified atom stereocenters. The second-order valence-electron chi connectivity index (χ2n) is 4.39. The van der Waals surface area contributed by atoms with Crippen LogP contribution in [0.15, 0.2) is 29.2 Å². The highest BCUT2D eigenvalue weighted by molar-refractivity contribution is 7.91. The first-order valence-corrected chi connectivity index (χ1v) is 8.72. The molecule has 1 aromatic rings. The summed E-state index contributed by atoms with van der Waals surface area (Å²) in [5.74, 6) is -0.237. The molecule has 0 aliphatic carbocycles. The molecule has 0 N–H and O–H groups in total. The second kappa shape index (κ2) is 4.64. The summed E-state index contributed by atoms with van der Waals surface area (Å²) in [7, 11) is -7.02. The average molecular weight is 290 g/mol. The minimum absolute atomic E-state index is 0.0128. The third-order valence-corrected chi connectivity index (χ3v) is 5.88. The third-order valence-electron chi connectivity index (χ3n) is 2.76. The van der Waals surface area contributed by atoms with E-state index in [2.05, 4.69) is 0 Å². The Kier molecular flexibility index (Phi) is 3.48. The zero-order valence-electron chi connectivity index (χ0n) is 9.87. The highest BCUT2D eigenvalue weighted by Crippen LogP contribution is 2.21. The molecular formula is C11H14O5S2. The molecule has 1 atom stereocenters. The van der Waals surface area contributed by atoms with Crippen LogP contribution in [-0.4, -0.2) is 34.4 Å². The van der Waals surface area contributed by atoms with E-state index in [0.717, 1.165) is 5.56 Å². The summed E-state index contributed by atoms with van der Waals surface area (Å²) in [5, 5.41) is 0. The topological polar surface area (TPSA) is 77.5 Å². The van der Waals surface area contributed by atoms with Gasteiger partial charge in [0.05, 0.1) is 22.5 Å². The Hall–Kier alpha value is -0.920. The lowest BCUT2D eigenvalue weighted by Crippen LogP contribution is -2.19. The normalized spacial score (nSPS) is 23.1. The number of aryl methyl sites for hydroxylation is 1. The molecule has 1 heterocycles. The fourth-order valence-electron chi connectivity index (χ4n) is 1.78. The molecule has 0 spiro atoms. The highest BCUT2D eigenvalue weighted by atomic mass is 32.2. The first-order chi connectivity index (χ1) is 8.28. The Morgan fingerprint density at radius 3 is 2.33 bits per heavy atom. The maximum Gasteiger partial charge on any atom is 0.297 e. The second-order valence-corrected chi connectivity index (χ2v) is 8.19. The molecule has 1 saturated heterocycles. The van der Waals surface area contributed by atoms with Crippen LogP contribution < -0.4 is 0 Å². The van der Waals surface area contributed by atoms with Crippen LogP contribution in [0, 0.1) is 6.92 Å². The summed E-state index contributed by atoms with van der Waals surface area (Å²) in [5.41, 5.74) is 0.942. The van der Waals surface area contributed by atoms with Crippen LogP contribution in [0.2, 0.25) is 0 Å². The molecule has 0 radical (unpaired) electrons. The predicted octanol–water partition coefficient (Wildman–Crippen LogP) is 0.887. The average Bonchev–Trinajstić information content (AvgIpc) is 2.57. The summed E-state index contributed by atoms with van der Waals surface area (Å²) < 4.78 is 51.2. The molecule has 0 amide bonds. The first-order valence-electron chi connectivity index (χ1n) is 5.49. The summed E-state index contributed by atoms with van der Waals surface area (Å²) in [6.45, 7) is 1.85. The van der Waals surface area contributed by atoms with Crippen LogP contribution >= 0.6 is 0 Å². The molecule has 1 aromatic carbocycles. The number of hydrogen-bond acceptors (Lipinski definition) is 5. The highest BCUT2D eigenvalue weighted by Gasteiger charge is 2.32. The molecule has 1 aliphatic heterocycles. The van der Waals surface area contributed by atoms with Crippen molar-refractivity contribution in [2.75, 3.05) is 11.5 Å². The Balaban J connectivity index is 2.16. The monoisotopic (exact) mass is 290 g/mol. The Morgan fingerprint density at radius 2 is 1.83 bits per heavy atom. The van der Waals surface area contributed by atoms with Crippen molar-refractivity contribution >= 4 is 20.0 Å². The van der Waals surface area contributed by atoms with E-state index in [1.165, 1.54) is 12.1 Å². The maximum atomic E-state index is 11.9. The van der Waals surface area contributed by atoms with Gasteiger partial charge in [-0.1, -0.05) is 17.7 Å². The Labute approximate surface area is 107 Å². The fourth-order valence-corrected chi connectivity index (χ4v) is 4.56. The van der Waals surface area contributed by atoms with Crippen molar-refractivity contribution in [2.24, 2.45) is 0 Å². The minimum Gasteiger partial charge on any atom is -0.262 e. The molecule has 0 bridgehead atoms. The summed E-state index contributed by atoms with van der Waals surface area (Å²) in [6, 6.07) is 6.24. The largest absolute Gasteiger partial charge is 0.297 e. The van der Waals surface area contributed by atoms with Gasteiger partial charge in [-0.3, -0.25) is 4.18 Å². The molecule has 7 heteroatoms. The Morgan fingerprint density at radius 1 is 1.22 bits per heavy atom. The van der Waals surface area contributed by atoms with Crippen LogP contribution in [0.5, 0.6) is 0 Å². The zero-order chi connectivity index (χ0) is 13.4. The molecule has 1 aliphatic rings. The van der Waals surface area contributed by atoms with Crippen LogP contribution in [0.3, 0.4) is 0 Å². The zero-order valence-corrected chi connectivity index (χ0v) is 11.5. The van der Waals surface area contributed by atoms with E-state index in [-0.39, 0.29) is 22.8 Å². The van der Waals surface area contributed by atoms with E-state index in [0.29, 0.717) is 0 Å². The smallest absolute Gasteiger partial charge is 0.262 e. The van der Waals surface area contributed by atoms with Gasteiger partial charge in [0.15, 0.2) is 9.84 Å². The van der Waals surface area contributed by atoms with Gasteiger partial charge < -0.3 is 0 Å². The first kappa shape index (κ1) is 13.5. The number of benzene rings is 1. The summed E-state index contributed by atoms with van der Waals surface area (Å²) in [6.07, 6.45) is -0.533. The van der Waals surface area contributed by atoms with Gasteiger partial charge in [0.2, 0.25) is 0 Å². The molecule has 100 valence electrons. The van der Waals surface area contributed by atoms with Crippen molar-refractivity contribution in [3.05, 3.63) is 29.8 Å². The molecule has 1 fully saturated rings. The van der Waals surface area contributed by atoms with E-state index in [1.54, 1.807) is 12.1 Å². The van der Waals surface area contributed by atoms with E-state index in [4.69, 9.17) is 4.18 Å². The van der Waals surface area contributed by atoms with Crippen LogP contribution in [-0.2, 0) is 24.1 Å². The van der Waals surface area contributed by atoms with Gasteiger partial charge in [0.1, 0.15) is 0 Å². The van der Waals surface area contributed by atoms with E-state index >= 15 is 0 Å². The van der Waals surface area contributed by atoms with Crippen LogP contribution in [0.4, 0.5) is 0 Å². The van der Waals surface area contributed by atoms with Crippen LogP contribution in [0.25, 0.3) is 0 Å². The van der Waals surface area contributed by atoms with E-state index in [1.807, 2.05) is 6.92 Å². The van der Waals surface area contributed by atoms with Crippen molar-refractivity contribution in [3.8, 4) is 0 Å².